The molecule has 0 radical (unpaired) electrons. The molecular formula is C17H20N4O2. The molecule has 3 aromatic rings. The molecule has 0 aliphatic heterocycles. The molecule has 6 nitrogen and oxygen atoms in total. The Balaban J connectivity index is 2.27. The van der Waals surface area contributed by atoms with Gasteiger partial charge in [0.1, 0.15) is 17.1 Å². The minimum Gasteiger partial charge on any atom is -0.493 e. The van der Waals surface area contributed by atoms with Crippen LogP contribution in [0.15, 0.2) is 29.1 Å². The summed E-state index contributed by atoms with van der Waals surface area (Å²) in [5.74, 6) is 1.35. The highest BCUT2D eigenvalue weighted by molar-refractivity contribution is 5.79. The van der Waals surface area contributed by atoms with Crippen molar-refractivity contribution in [1.82, 2.24) is 19.7 Å². The van der Waals surface area contributed by atoms with Gasteiger partial charge >= 0.3 is 0 Å². The second-order valence-electron chi connectivity index (χ2n) is 5.38. The Kier molecular flexibility index (Phi) is 4.14. The zero-order chi connectivity index (χ0) is 16.4. The molecule has 0 fully saturated rings. The Morgan fingerprint density at radius 3 is 2.74 bits per heavy atom. The predicted octanol–water partition coefficient (Wildman–Crippen LogP) is 2.90. The standard InChI is InChI=1S/C17H20N4O2/c1-4-10-23-13-9-7-6-8-12(13)16-18-14-11(3)19-20-15(14)17(22)21(16)5-2/h6-9H,4-5,10H2,1-3H3,(H,19,20). The summed E-state index contributed by atoms with van der Waals surface area (Å²) < 4.78 is 7.46. The number of ether oxygens (including phenoxy) is 1. The summed E-state index contributed by atoms with van der Waals surface area (Å²) in [6, 6.07) is 7.68. The molecule has 0 amide bonds. The van der Waals surface area contributed by atoms with Gasteiger partial charge in [0.15, 0.2) is 5.52 Å². The van der Waals surface area contributed by atoms with Crippen LogP contribution in [-0.4, -0.2) is 26.4 Å². The highest BCUT2D eigenvalue weighted by Crippen LogP contribution is 2.29. The van der Waals surface area contributed by atoms with Crippen LogP contribution in [0.2, 0.25) is 0 Å². The van der Waals surface area contributed by atoms with E-state index in [-0.39, 0.29) is 5.56 Å². The number of para-hydroxylation sites is 1. The van der Waals surface area contributed by atoms with E-state index in [0.717, 1.165) is 23.4 Å². The number of hydrogen-bond donors (Lipinski definition) is 1. The van der Waals surface area contributed by atoms with Crippen LogP contribution in [0, 0.1) is 6.92 Å². The van der Waals surface area contributed by atoms with Crippen molar-refractivity contribution in [2.24, 2.45) is 0 Å². The van der Waals surface area contributed by atoms with E-state index in [1.54, 1.807) is 4.57 Å². The van der Waals surface area contributed by atoms with Crippen LogP contribution in [0.4, 0.5) is 0 Å². The van der Waals surface area contributed by atoms with Gasteiger partial charge in [-0.05, 0) is 32.4 Å². The largest absolute Gasteiger partial charge is 0.493 e. The second-order valence-corrected chi connectivity index (χ2v) is 5.38. The fourth-order valence-corrected chi connectivity index (χ4v) is 2.59. The summed E-state index contributed by atoms with van der Waals surface area (Å²) in [5, 5.41) is 6.92. The molecule has 0 saturated heterocycles. The summed E-state index contributed by atoms with van der Waals surface area (Å²) in [4.78, 5) is 17.4. The first-order valence-electron chi connectivity index (χ1n) is 7.85. The fraction of sp³-hybridized carbons (Fsp3) is 0.353. The predicted molar refractivity (Wildman–Crippen MR) is 89.8 cm³/mol. The third-order valence-corrected chi connectivity index (χ3v) is 3.74. The topological polar surface area (TPSA) is 72.8 Å². The van der Waals surface area contributed by atoms with Gasteiger partial charge in [-0.1, -0.05) is 19.1 Å². The lowest BCUT2D eigenvalue weighted by Crippen LogP contribution is -2.23. The van der Waals surface area contributed by atoms with Gasteiger partial charge in [0.05, 0.1) is 17.9 Å². The number of aromatic nitrogens is 4. The van der Waals surface area contributed by atoms with E-state index in [1.807, 2.05) is 38.1 Å². The SMILES string of the molecule is CCCOc1ccccc1-c1nc2c(C)[nH]nc2c(=O)n1CC. The van der Waals surface area contributed by atoms with Gasteiger partial charge in [-0.3, -0.25) is 14.5 Å². The highest BCUT2D eigenvalue weighted by atomic mass is 16.5. The van der Waals surface area contributed by atoms with E-state index in [4.69, 9.17) is 9.72 Å². The number of hydrogen-bond acceptors (Lipinski definition) is 4. The summed E-state index contributed by atoms with van der Waals surface area (Å²) in [5.41, 5.74) is 2.46. The quantitative estimate of drug-likeness (QED) is 0.786. The molecule has 0 saturated carbocycles. The van der Waals surface area contributed by atoms with Crippen molar-refractivity contribution in [3.63, 3.8) is 0 Å². The molecule has 0 atom stereocenters. The van der Waals surface area contributed by atoms with Gasteiger partial charge in [-0.25, -0.2) is 4.98 Å². The van der Waals surface area contributed by atoms with Crippen molar-refractivity contribution < 1.29 is 4.74 Å². The Labute approximate surface area is 134 Å². The lowest BCUT2D eigenvalue weighted by atomic mass is 10.1. The zero-order valence-corrected chi connectivity index (χ0v) is 13.6. The van der Waals surface area contributed by atoms with E-state index in [9.17, 15) is 4.79 Å². The van der Waals surface area contributed by atoms with Crippen molar-refractivity contribution in [2.45, 2.75) is 33.7 Å². The molecule has 1 aromatic carbocycles. The molecule has 1 N–H and O–H groups in total. The molecule has 2 aromatic heterocycles. The molecule has 6 heteroatoms. The number of benzene rings is 1. The lowest BCUT2D eigenvalue weighted by molar-refractivity contribution is 0.318. The Morgan fingerprint density at radius 2 is 2.00 bits per heavy atom. The molecule has 120 valence electrons. The van der Waals surface area contributed by atoms with Crippen molar-refractivity contribution in [3.8, 4) is 17.1 Å². The summed E-state index contributed by atoms with van der Waals surface area (Å²) in [6.45, 7) is 6.99. The number of fused-ring (bicyclic) bond motifs is 1. The number of aromatic amines is 1. The maximum absolute atomic E-state index is 12.7. The molecule has 0 aliphatic rings. The highest BCUT2D eigenvalue weighted by Gasteiger charge is 2.17. The zero-order valence-electron chi connectivity index (χ0n) is 13.6. The molecule has 2 heterocycles. The van der Waals surface area contributed by atoms with E-state index in [2.05, 4.69) is 17.1 Å². The van der Waals surface area contributed by atoms with Gasteiger partial charge in [0, 0.05) is 6.54 Å². The Bertz CT molecular complexity index is 895. The van der Waals surface area contributed by atoms with E-state index in [1.165, 1.54) is 0 Å². The minimum atomic E-state index is -0.137. The average Bonchev–Trinajstić information content (AvgIpc) is 2.94. The Hall–Kier alpha value is -2.63. The van der Waals surface area contributed by atoms with Crippen LogP contribution in [0.3, 0.4) is 0 Å². The van der Waals surface area contributed by atoms with Gasteiger partial charge in [0.25, 0.3) is 5.56 Å². The van der Waals surface area contributed by atoms with Crippen molar-refractivity contribution >= 4 is 11.0 Å². The number of aryl methyl sites for hydroxylation is 1. The van der Waals surface area contributed by atoms with Crippen molar-refractivity contribution in [1.29, 1.82) is 0 Å². The van der Waals surface area contributed by atoms with Gasteiger partial charge in [-0.15, -0.1) is 0 Å². The number of nitrogens with zero attached hydrogens (tertiary/aromatic N) is 3. The molecule has 0 bridgehead atoms. The number of H-pyrrole nitrogens is 1. The second kappa shape index (κ2) is 6.24. The Morgan fingerprint density at radius 1 is 1.22 bits per heavy atom. The molecular weight excluding hydrogens is 292 g/mol. The monoisotopic (exact) mass is 312 g/mol. The maximum atomic E-state index is 12.7. The smallest absolute Gasteiger partial charge is 0.282 e. The van der Waals surface area contributed by atoms with Crippen molar-refractivity contribution in [2.75, 3.05) is 6.61 Å². The van der Waals surface area contributed by atoms with Crippen LogP contribution in [0.25, 0.3) is 22.4 Å². The summed E-state index contributed by atoms with van der Waals surface area (Å²) in [6.07, 6.45) is 0.919. The van der Waals surface area contributed by atoms with Crippen LogP contribution in [0.5, 0.6) is 5.75 Å². The average molecular weight is 312 g/mol. The van der Waals surface area contributed by atoms with E-state index < -0.39 is 0 Å². The number of nitrogens with one attached hydrogen (secondary N) is 1. The van der Waals surface area contributed by atoms with Crippen molar-refractivity contribution in [3.05, 3.63) is 40.3 Å². The first kappa shape index (κ1) is 15.3. The third-order valence-electron chi connectivity index (χ3n) is 3.74. The lowest BCUT2D eigenvalue weighted by Gasteiger charge is -2.14. The minimum absolute atomic E-state index is 0.137. The summed E-state index contributed by atoms with van der Waals surface area (Å²) >= 11 is 0. The maximum Gasteiger partial charge on any atom is 0.282 e. The summed E-state index contributed by atoms with van der Waals surface area (Å²) in [7, 11) is 0. The normalized spacial score (nSPS) is 11.1. The van der Waals surface area contributed by atoms with Gasteiger partial charge < -0.3 is 4.74 Å². The van der Waals surface area contributed by atoms with Crippen LogP contribution in [-0.2, 0) is 6.54 Å². The third kappa shape index (κ3) is 2.60. The first-order chi connectivity index (χ1) is 11.2. The fourth-order valence-electron chi connectivity index (χ4n) is 2.59. The molecule has 3 rings (SSSR count). The van der Waals surface area contributed by atoms with Crippen LogP contribution >= 0.6 is 0 Å². The van der Waals surface area contributed by atoms with Gasteiger partial charge in [-0.2, -0.15) is 5.10 Å². The molecule has 0 unspecified atom stereocenters. The van der Waals surface area contributed by atoms with Gasteiger partial charge in [0.2, 0.25) is 0 Å². The van der Waals surface area contributed by atoms with E-state index >= 15 is 0 Å². The molecule has 0 spiro atoms. The van der Waals surface area contributed by atoms with E-state index in [0.29, 0.717) is 30.0 Å². The number of rotatable bonds is 5. The molecule has 23 heavy (non-hydrogen) atoms. The molecule has 0 aliphatic carbocycles. The van der Waals surface area contributed by atoms with Crippen LogP contribution < -0.4 is 10.3 Å². The van der Waals surface area contributed by atoms with Crippen LogP contribution in [0.1, 0.15) is 26.0 Å². The first-order valence-corrected chi connectivity index (χ1v) is 7.85.